The molecule has 1 fully saturated rings. The van der Waals surface area contributed by atoms with E-state index in [9.17, 15) is 13.2 Å². The highest BCUT2D eigenvalue weighted by Gasteiger charge is 2.33. The molecular weight excluding hydrogens is 454 g/mol. The van der Waals surface area contributed by atoms with Crippen molar-refractivity contribution in [1.29, 1.82) is 0 Å². The first kappa shape index (κ1) is 22.3. The van der Waals surface area contributed by atoms with Crippen molar-refractivity contribution in [1.82, 2.24) is 19.6 Å². The number of carbonyl (C=O) groups is 1. The summed E-state index contributed by atoms with van der Waals surface area (Å²) in [6.45, 7) is 1.78. The Labute approximate surface area is 198 Å². The largest absolute Gasteiger partial charge is 0.457 e. The normalized spacial score (nSPS) is 16.3. The number of hydrogen-bond acceptors (Lipinski definition) is 7. The van der Waals surface area contributed by atoms with Gasteiger partial charge in [0.25, 0.3) is 0 Å². The summed E-state index contributed by atoms with van der Waals surface area (Å²) in [5.41, 5.74) is 1.53. The van der Waals surface area contributed by atoms with Gasteiger partial charge < -0.3 is 15.0 Å². The maximum Gasteiger partial charge on any atom is 0.232 e. The molecule has 0 saturated carbocycles. The Balaban J connectivity index is 1.21. The van der Waals surface area contributed by atoms with Crippen molar-refractivity contribution < 1.29 is 17.9 Å². The summed E-state index contributed by atoms with van der Waals surface area (Å²) in [6.07, 6.45) is 3.34. The fourth-order valence-corrected chi connectivity index (χ4v) is 5.69. The Morgan fingerprint density at radius 3 is 2.12 bits per heavy atom. The average Bonchev–Trinajstić information content (AvgIpc) is 2.87. The highest BCUT2D eigenvalue weighted by molar-refractivity contribution is 7.89. The van der Waals surface area contributed by atoms with Crippen LogP contribution in [0.4, 0.5) is 5.95 Å². The highest BCUT2D eigenvalue weighted by Crippen LogP contribution is 2.43. The molecular formula is C24H25N5O4S. The van der Waals surface area contributed by atoms with E-state index in [0.717, 1.165) is 11.1 Å². The van der Waals surface area contributed by atoms with Crippen LogP contribution in [0.25, 0.3) is 0 Å². The topological polar surface area (TPSA) is 105 Å². The summed E-state index contributed by atoms with van der Waals surface area (Å²) in [7, 11) is -3.51. The van der Waals surface area contributed by atoms with Crippen LogP contribution in [0.5, 0.6) is 11.5 Å². The Bertz CT molecular complexity index is 1230. The zero-order valence-corrected chi connectivity index (χ0v) is 19.3. The number of amides is 1. The molecule has 2 aromatic carbocycles. The van der Waals surface area contributed by atoms with E-state index in [1.54, 1.807) is 18.5 Å². The van der Waals surface area contributed by atoms with Gasteiger partial charge in [-0.05, 0) is 18.2 Å². The summed E-state index contributed by atoms with van der Waals surface area (Å²) in [4.78, 5) is 23.6. The number of ether oxygens (including phenoxy) is 1. The van der Waals surface area contributed by atoms with E-state index in [2.05, 4.69) is 15.3 Å². The third-order valence-corrected chi connectivity index (χ3v) is 7.94. The van der Waals surface area contributed by atoms with Crippen LogP contribution in [0.1, 0.15) is 17.0 Å². The lowest BCUT2D eigenvalue weighted by Gasteiger charge is -2.34. The minimum Gasteiger partial charge on any atom is -0.457 e. The van der Waals surface area contributed by atoms with Gasteiger partial charge in [0.05, 0.1) is 11.7 Å². The first-order valence-electron chi connectivity index (χ1n) is 11.2. The van der Waals surface area contributed by atoms with E-state index < -0.39 is 15.9 Å². The second-order valence-electron chi connectivity index (χ2n) is 8.15. The van der Waals surface area contributed by atoms with Gasteiger partial charge in [0.2, 0.25) is 21.9 Å². The number of carbonyl (C=O) groups excluding carboxylic acids is 1. The van der Waals surface area contributed by atoms with E-state index >= 15 is 0 Å². The molecule has 0 aliphatic carbocycles. The molecule has 1 saturated heterocycles. The number of aromatic nitrogens is 2. The van der Waals surface area contributed by atoms with Crippen molar-refractivity contribution in [2.24, 2.45) is 0 Å². The fraction of sp³-hybridized carbons (Fsp3) is 0.292. The van der Waals surface area contributed by atoms with E-state index in [0.29, 0.717) is 43.6 Å². The van der Waals surface area contributed by atoms with Crippen LogP contribution < -0.4 is 15.0 Å². The predicted octanol–water partition coefficient (Wildman–Crippen LogP) is 1.98. The quantitative estimate of drug-likeness (QED) is 0.576. The molecule has 0 unspecified atom stereocenters. The van der Waals surface area contributed by atoms with Gasteiger partial charge in [-0.1, -0.05) is 36.4 Å². The minimum atomic E-state index is -3.51. The molecule has 0 bridgehead atoms. The molecule has 1 amide bonds. The lowest BCUT2D eigenvalue weighted by atomic mass is 9.87. The number of fused-ring (bicyclic) bond motifs is 2. The lowest BCUT2D eigenvalue weighted by molar-refractivity contribution is -0.121. The molecule has 0 radical (unpaired) electrons. The zero-order chi connectivity index (χ0) is 23.5. The van der Waals surface area contributed by atoms with Crippen LogP contribution in [0, 0.1) is 0 Å². The maximum absolute atomic E-state index is 13.2. The molecule has 0 spiro atoms. The SMILES string of the molecule is O=C(NCCS(=O)(=O)N1CCN(c2ncccn2)CC1)C1c2ccccc2Oc2ccccc21. The molecule has 1 N–H and O–H groups in total. The van der Waals surface area contributed by atoms with Gasteiger partial charge in [-0.15, -0.1) is 0 Å². The van der Waals surface area contributed by atoms with Gasteiger partial charge in [-0.25, -0.2) is 18.4 Å². The molecule has 176 valence electrons. The van der Waals surface area contributed by atoms with Gasteiger partial charge in [0, 0.05) is 56.2 Å². The number of anilines is 1. The van der Waals surface area contributed by atoms with Gasteiger partial charge in [0.15, 0.2) is 0 Å². The number of piperazine rings is 1. The molecule has 3 aromatic rings. The standard InChI is InChI=1S/C24H25N5O4S/c30-23(22-18-6-1-3-8-20(18)33-21-9-4-2-7-19(21)22)25-12-17-34(31,32)29-15-13-28(14-16-29)24-26-10-5-11-27-24/h1-11,22H,12-17H2,(H,25,30). The van der Waals surface area contributed by atoms with Crippen LogP contribution in [0.3, 0.4) is 0 Å². The molecule has 9 nitrogen and oxygen atoms in total. The molecule has 10 heteroatoms. The number of nitrogens with zero attached hydrogens (tertiary/aromatic N) is 4. The van der Waals surface area contributed by atoms with Crippen LogP contribution in [-0.4, -0.2) is 67.1 Å². The molecule has 5 rings (SSSR count). The minimum absolute atomic E-state index is 0.0326. The van der Waals surface area contributed by atoms with E-state index in [1.807, 2.05) is 53.4 Å². The second kappa shape index (κ2) is 9.40. The van der Waals surface area contributed by atoms with Crippen LogP contribution >= 0.6 is 0 Å². The van der Waals surface area contributed by atoms with Gasteiger partial charge >= 0.3 is 0 Å². The van der Waals surface area contributed by atoms with Crippen LogP contribution in [-0.2, 0) is 14.8 Å². The van der Waals surface area contributed by atoms with Crippen LogP contribution in [0.2, 0.25) is 0 Å². The first-order chi connectivity index (χ1) is 16.5. The number of hydrogen-bond donors (Lipinski definition) is 1. The predicted molar refractivity (Wildman–Crippen MR) is 127 cm³/mol. The monoisotopic (exact) mass is 479 g/mol. The number of nitrogens with one attached hydrogen (secondary N) is 1. The Hall–Kier alpha value is -3.50. The molecule has 0 atom stereocenters. The Morgan fingerprint density at radius 1 is 0.912 bits per heavy atom. The average molecular weight is 480 g/mol. The van der Waals surface area contributed by atoms with E-state index in [1.165, 1.54) is 4.31 Å². The number of para-hydroxylation sites is 2. The summed E-state index contributed by atoms with van der Waals surface area (Å²) in [5.74, 6) is 0.905. The molecule has 3 heterocycles. The smallest absolute Gasteiger partial charge is 0.232 e. The zero-order valence-electron chi connectivity index (χ0n) is 18.5. The number of rotatable bonds is 6. The molecule has 2 aliphatic rings. The number of benzene rings is 2. The third kappa shape index (κ3) is 4.46. The van der Waals surface area contributed by atoms with Crippen molar-refractivity contribution >= 4 is 21.9 Å². The van der Waals surface area contributed by atoms with Gasteiger partial charge in [-0.2, -0.15) is 4.31 Å². The highest BCUT2D eigenvalue weighted by atomic mass is 32.2. The van der Waals surface area contributed by atoms with E-state index in [-0.39, 0.29) is 18.2 Å². The van der Waals surface area contributed by atoms with Crippen LogP contribution in [0.15, 0.2) is 67.0 Å². The summed E-state index contributed by atoms with van der Waals surface area (Å²) in [5, 5.41) is 2.83. The maximum atomic E-state index is 13.2. The molecule has 34 heavy (non-hydrogen) atoms. The third-order valence-electron chi connectivity index (χ3n) is 6.07. The summed E-state index contributed by atoms with van der Waals surface area (Å²) in [6, 6.07) is 16.6. The lowest BCUT2D eigenvalue weighted by Crippen LogP contribution is -2.50. The van der Waals surface area contributed by atoms with Crippen molar-refractivity contribution in [3.8, 4) is 11.5 Å². The Kier molecular flexibility index (Phi) is 6.16. The molecule has 2 aliphatic heterocycles. The fourth-order valence-electron chi connectivity index (χ4n) is 4.35. The van der Waals surface area contributed by atoms with E-state index in [4.69, 9.17) is 4.74 Å². The second-order valence-corrected chi connectivity index (χ2v) is 10.2. The van der Waals surface area contributed by atoms with Crippen molar-refractivity contribution in [3.63, 3.8) is 0 Å². The van der Waals surface area contributed by atoms with Gasteiger partial charge in [0.1, 0.15) is 11.5 Å². The van der Waals surface area contributed by atoms with Crippen molar-refractivity contribution in [2.45, 2.75) is 5.92 Å². The Morgan fingerprint density at radius 2 is 1.50 bits per heavy atom. The molecule has 1 aromatic heterocycles. The summed E-state index contributed by atoms with van der Waals surface area (Å²) < 4.78 is 33.2. The number of sulfonamides is 1. The summed E-state index contributed by atoms with van der Waals surface area (Å²) >= 11 is 0. The van der Waals surface area contributed by atoms with Gasteiger partial charge in [-0.3, -0.25) is 4.79 Å². The van der Waals surface area contributed by atoms with Crippen molar-refractivity contribution in [2.75, 3.05) is 43.4 Å². The van der Waals surface area contributed by atoms with Crippen molar-refractivity contribution in [3.05, 3.63) is 78.1 Å². The first-order valence-corrected chi connectivity index (χ1v) is 12.8.